The molecule has 0 fully saturated rings. The van der Waals surface area contributed by atoms with Crippen LogP contribution in [0.4, 0.5) is 5.69 Å². The summed E-state index contributed by atoms with van der Waals surface area (Å²) in [6.45, 7) is -0.347. The molecule has 0 aliphatic carbocycles. The molecule has 0 aliphatic heterocycles. The van der Waals surface area contributed by atoms with E-state index in [2.05, 4.69) is 10.3 Å². The normalized spacial score (nSPS) is 10.8. The Morgan fingerprint density at radius 3 is 2.63 bits per heavy atom. The fraction of sp³-hybridized carbons (Fsp3) is 0.188. The average Bonchev–Trinajstić information content (AvgIpc) is 2.95. The van der Waals surface area contributed by atoms with Gasteiger partial charge in [-0.05, 0) is 29.8 Å². The molecular weight excluding hydrogens is 395 g/mol. The van der Waals surface area contributed by atoms with Crippen LogP contribution in [0.15, 0.2) is 27.8 Å². The number of rotatable bonds is 3. The number of hydrogen-bond donors (Lipinski definition) is 1. The van der Waals surface area contributed by atoms with Gasteiger partial charge >= 0.3 is 5.69 Å². The van der Waals surface area contributed by atoms with Gasteiger partial charge in [-0.2, -0.15) is 10.2 Å². The Hall–Kier alpha value is -3.09. The Kier molecular flexibility index (Phi) is 4.78. The zero-order valence-electron chi connectivity index (χ0n) is 14.2. The molecule has 2 heterocycles. The number of nitrogens with one attached hydrogen (secondary N) is 1. The molecule has 138 valence electrons. The van der Waals surface area contributed by atoms with E-state index in [0.717, 1.165) is 4.57 Å². The van der Waals surface area contributed by atoms with Crippen molar-refractivity contribution in [2.75, 3.05) is 5.32 Å². The molecule has 11 heteroatoms. The van der Waals surface area contributed by atoms with Gasteiger partial charge in [0.1, 0.15) is 12.6 Å². The van der Waals surface area contributed by atoms with Gasteiger partial charge in [0.15, 0.2) is 11.2 Å². The summed E-state index contributed by atoms with van der Waals surface area (Å²) in [5, 5.41) is 11.9. The van der Waals surface area contributed by atoms with E-state index in [-0.39, 0.29) is 34.2 Å². The number of benzene rings is 1. The van der Waals surface area contributed by atoms with Crippen LogP contribution < -0.4 is 16.6 Å². The third kappa shape index (κ3) is 3.20. The van der Waals surface area contributed by atoms with Crippen molar-refractivity contribution in [3.05, 3.63) is 54.9 Å². The van der Waals surface area contributed by atoms with Crippen LogP contribution in [0, 0.1) is 11.3 Å². The van der Waals surface area contributed by atoms with Crippen LogP contribution in [-0.4, -0.2) is 24.6 Å². The zero-order valence-corrected chi connectivity index (χ0v) is 15.7. The van der Waals surface area contributed by atoms with Crippen molar-refractivity contribution >= 4 is 46.0 Å². The van der Waals surface area contributed by atoms with Crippen LogP contribution in [0.5, 0.6) is 0 Å². The van der Waals surface area contributed by atoms with E-state index >= 15 is 0 Å². The Balaban J connectivity index is 2.03. The molecule has 27 heavy (non-hydrogen) atoms. The molecule has 0 radical (unpaired) electrons. The third-order valence-corrected chi connectivity index (χ3v) is 4.50. The first-order valence-electron chi connectivity index (χ1n) is 7.56. The number of amides is 1. The number of imidazole rings is 1. The van der Waals surface area contributed by atoms with E-state index in [1.807, 2.05) is 6.07 Å². The summed E-state index contributed by atoms with van der Waals surface area (Å²) >= 11 is 12.0. The second-order valence-corrected chi connectivity index (χ2v) is 6.47. The number of hydrogen-bond acceptors (Lipinski definition) is 5. The number of nitriles is 1. The van der Waals surface area contributed by atoms with Crippen LogP contribution in [0.25, 0.3) is 11.2 Å². The van der Waals surface area contributed by atoms with Crippen molar-refractivity contribution in [1.29, 1.82) is 5.26 Å². The molecule has 0 unspecified atom stereocenters. The molecule has 0 aliphatic rings. The highest BCUT2D eigenvalue weighted by Crippen LogP contribution is 2.21. The van der Waals surface area contributed by atoms with Gasteiger partial charge in [-0.3, -0.25) is 23.3 Å². The van der Waals surface area contributed by atoms with Crippen LogP contribution in [-0.2, 0) is 25.4 Å². The smallest absolute Gasteiger partial charge is 0.323 e. The van der Waals surface area contributed by atoms with Crippen molar-refractivity contribution in [2.45, 2.75) is 6.54 Å². The number of aryl methyl sites for hydroxylation is 1. The van der Waals surface area contributed by atoms with Crippen molar-refractivity contribution in [3.8, 4) is 6.07 Å². The van der Waals surface area contributed by atoms with E-state index in [1.165, 1.54) is 41.4 Å². The van der Waals surface area contributed by atoms with Gasteiger partial charge in [0, 0.05) is 19.1 Å². The Morgan fingerprint density at radius 1 is 1.26 bits per heavy atom. The number of halogens is 2. The van der Waals surface area contributed by atoms with E-state index in [1.54, 1.807) is 0 Å². The fourth-order valence-electron chi connectivity index (χ4n) is 2.61. The molecule has 1 aromatic carbocycles. The van der Waals surface area contributed by atoms with Crippen LogP contribution in [0.2, 0.25) is 10.3 Å². The number of carbonyl (C=O) groups excluding carboxylic acids is 1. The molecule has 2 aromatic heterocycles. The molecule has 3 rings (SSSR count). The second-order valence-electron chi connectivity index (χ2n) is 5.69. The molecular formula is C16H12Cl2N6O3. The van der Waals surface area contributed by atoms with E-state index < -0.39 is 17.2 Å². The minimum absolute atomic E-state index is 0.0198. The average molecular weight is 407 g/mol. The highest BCUT2D eigenvalue weighted by molar-refractivity contribution is 6.31. The number of anilines is 1. The quantitative estimate of drug-likeness (QED) is 0.657. The highest BCUT2D eigenvalue weighted by Gasteiger charge is 2.20. The van der Waals surface area contributed by atoms with Crippen molar-refractivity contribution < 1.29 is 4.79 Å². The molecule has 0 saturated carbocycles. The van der Waals surface area contributed by atoms with Gasteiger partial charge in [0.25, 0.3) is 5.56 Å². The van der Waals surface area contributed by atoms with Crippen LogP contribution in [0.1, 0.15) is 5.56 Å². The Labute approximate surface area is 162 Å². The third-order valence-electron chi connectivity index (χ3n) is 3.98. The first-order valence-corrected chi connectivity index (χ1v) is 8.31. The summed E-state index contributed by atoms with van der Waals surface area (Å²) in [6.07, 6.45) is 0. The van der Waals surface area contributed by atoms with Gasteiger partial charge < -0.3 is 5.32 Å². The second kappa shape index (κ2) is 6.90. The maximum atomic E-state index is 12.5. The van der Waals surface area contributed by atoms with Crippen molar-refractivity contribution in [3.63, 3.8) is 0 Å². The Morgan fingerprint density at radius 2 is 1.96 bits per heavy atom. The van der Waals surface area contributed by atoms with Crippen LogP contribution in [0.3, 0.4) is 0 Å². The monoisotopic (exact) mass is 406 g/mol. The molecule has 1 amide bonds. The predicted molar refractivity (Wildman–Crippen MR) is 100 cm³/mol. The topological polar surface area (TPSA) is 115 Å². The van der Waals surface area contributed by atoms with Gasteiger partial charge in [-0.1, -0.05) is 11.6 Å². The fourth-order valence-corrected chi connectivity index (χ4v) is 3.01. The predicted octanol–water partition coefficient (Wildman–Crippen LogP) is 1.25. The minimum Gasteiger partial charge on any atom is -0.323 e. The van der Waals surface area contributed by atoms with Crippen LogP contribution >= 0.6 is 23.2 Å². The number of carbonyl (C=O) groups is 1. The molecule has 9 nitrogen and oxygen atoms in total. The standard InChI is InChI=1S/C16H12Cl2N6O3/c1-22-13-12(14(26)23(2)16(22)27)24(15(18)21-13)7-11(25)20-10-5-9(17)4-3-8(10)6-19/h3-5H,7H2,1-2H3,(H,20,25). The lowest BCUT2D eigenvalue weighted by Gasteiger charge is -2.10. The number of aromatic nitrogens is 4. The molecule has 0 bridgehead atoms. The van der Waals surface area contributed by atoms with E-state index in [4.69, 9.17) is 28.5 Å². The van der Waals surface area contributed by atoms with E-state index in [0.29, 0.717) is 5.02 Å². The van der Waals surface area contributed by atoms with Gasteiger partial charge in [-0.15, -0.1) is 0 Å². The maximum Gasteiger partial charge on any atom is 0.332 e. The maximum absolute atomic E-state index is 12.5. The lowest BCUT2D eigenvalue weighted by atomic mass is 10.2. The minimum atomic E-state index is -0.624. The lowest BCUT2D eigenvalue weighted by Crippen LogP contribution is -2.37. The number of fused-ring (bicyclic) bond motifs is 1. The Bertz CT molecular complexity index is 1250. The van der Waals surface area contributed by atoms with Gasteiger partial charge in [-0.25, -0.2) is 4.79 Å². The highest BCUT2D eigenvalue weighted by atomic mass is 35.5. The van der Waals surface area contributed by atoms with E-state index in [9.17, 15) is 14.4 Å². The molecule has 0 saturated heterocycles. The molecule has 1 N–H and O–H groups in total. The van der Waals surface area contributed by atoms with Gasteiger partial charge in [0.05, 0.1) is 11.3 Å². The SMILES string of the molecule is Cn1c(=O)c2c(nc(Cl)n2CC(=O)Nc2cc(Cl)ccc2C#N)n(C)c1=O. The summed E-state index contributed by atoms with van der Waals surface area (Å²) in [6, 6.07) is 6.39. The molecule has 0 atom stereocenters. The molecule has 3 aromatic rings. The first kappa shape index (κ1) is 18.7. The summed E-state index contributed by atoms with van der Waals surface area (Å²) in [7, 11) is 2.77. The summed E-state index contributed by atoms with van der Waals surface area (Å²) in [5.74, 6) is -0.550. The lowest BCUT2D eigenvalue weighted by molar-refractivity contribution is -0.116. The summed E-state index contributed by atoms with van der Waals surface area (Å²) in [5.41, 5.74) is -0.632. The largest absolute Gasteiger partial charge is 0.332 e. The van der Waals surface area contributed by atoms with Crippen molar-refractivity contribution in [1.82, 2.24) is 18.7 Å². The summed E-state index contributed by atoms with van der Waals surface area (Å²) in [4.78, 5) is 40.9. The van der Waals surface area contributed by atoms with Crippen molar-refractivity contribution in [2.24, 2.45) is 14.1 Å². The first-order chi connectivity index (χ1) is 12.7. The number of nitrogens with zero attached hydrogens (tertiary/aromatic N) is 5. The molecule has 0 spiro atoms. The zero-order chi connectivity index (χ0) is 19.9. The summed E-state index contributed by atoms with van der Waals surface area (Å²) < 4.78 is 3.27. The van der Waals surface area contributed by atoms with Gasteiger partial charge in [0.2, 0.25) is 11.2 Å².